The Balaban J connectivity index is 1.36. The van der Waals surface area contributed by atoms with Crippen LogP contribution < -0.4 is 0 Å². The molecule has 0 spiro atoms. The van der Waals surface area contributed by atoms with E-state index in [-0.39, 0.29) is 5.91 Å². The zero-order valence-electron chi connectivity index (χ0n) is 18.3. The lowest BCUT2D eigenvalue weighted by Crippen LogP contribution is -2.40. The summed E-state index contributed by atoms with van der Waals surface area (Å²) in [5.41, 5.74) is 2.40. The second-order valence-corrected chi connectivity index (χ2v) is 11.8. The van der Waals surface area contributed by atoms with Gasteiger partial charge in [0, 0.05) is 23.9 Å². The number of hydrogen-bond acceptors (Lipinski definition) is 6. The number of likely N-dealkylation sites (tertiary alicyclic amines) is 1. The fourth-order valence-corrected chi connectivity index (χ4v) is 7.41. The Hall–Kier alpha value is -1.67. The molecule has 8 heteroatoms. The minimum atomic E-state index is 0.220. The smallest absolute Gasteiger partial charge is 0.233 e. The summed E-state index contributed by atoms with van der Waals surface area (Å²) in [4.78, 5) is 22.6. The van der Waals surface area contributed by atoms with Crippen LogP contribution in [0.25, 0.3) is 15.9 Å². The van der Waals surface area contributed by atoms with E-state index in [2.05, 4.69) is 28.4 Å². The predicted octanol–water partition coefficient (Wildman–Crippen LogP) is 4.69. The Morgan fingerprint density at radius 3 is 2.84 bits per heavy atom. The predicted molar refractivity (Wildman–Crippen MR) is 125 cm³/mol. The van der Waals surface area contributed by atoms with Crippen LogP contribution in [0.1, 0.15) is 68.1 Å². The molecule has 1 saturated carbocycles. The standard InChI is InChI=1S/C23H29N5OS2/c1-13-5-8-16-17(10-13)31-22-19(16)21-25-26-23(28(21)20(24-22)15-6-7-15)30-12-18(29)27-9-3-4-14(2)11-27/h13-15H,3-12H2,1-2H3/t13-,14-/m1/s1. The number of nitrogens with zero attached hydrogens (tertiary/aromatic N) is 5. The number of carbonyl (C=O) groups excluding carboxylic acids is 1. The van der Waals surface area contributed by atoms with Crippen molar-refractivity contribution in [2.45, 2.75) is 69.9 Å². The van der Waals surface area contributed by atoms with E-state index in [4.69, 9.17) is 4.98 Å². The number of piperidine rings is 1. The van der Waals surface area contributed by atoms with Gasteiger partial charge in [-0.05, 0) is 62.3 Å². The first-order valence-corrected chi connectivity index (χ1v) is 13.5. The van der Waals surface area contributed by atoms with Crippen LogP contribution in [0.4, 0.5) is 0 Å². The molecule has 2 atom stereocenters. The molecule has 2 fully saturated rings. The first-order chi connectivity index (χ1) is 15.1. The molecule has 6 nitrogen and oxygen atoms in total. The number of thiophene rings is 1. The van der Waals surface area contributed by atoms with E-state index in [1.54, 1.807) is 0 Å². The van der Waals surface area contributed by atoms with E-state index in [9.17, 15) is 4.79 Å². The maximum Gasteiger partial charge on any atom is 0.233 e. The molecule has 31 heavy (non-hydrogen) atoms. The highest BCUT2D eigenvalue weighted by Crippen LogP contribution is 2.44. The molecule has 3 aromatic rings. The molecular weight excluding hydrogens is 426 g/mol. The minimum absolute atomic E-state index is 0.220. The largest absolute Gasteiger partial charge is 0.342 e. The molecule has 0 bridgehead atoms. The summed E-state index contributed by atoms with van der Waals surface area (Å²) in [6, 6.07) is 0. The fourth-order valence-electron chi connectivity index (χ4n) is 5.18. The molecule has 0 N–H and O–H groups in total. The Morgan fingerprint density at radius 2 is 2.03 bits per heavy atom. The molecule has 1 aliphatic heterocycles. The van der Waals surface area contributed by atoms with Crippen molar-refractivity contribution in [3.8, 4) is 0 Å². The summed E-state index contributed by atoms with van der Waals surface area (Å²) in [5, 5.41) is 11.3. The number of fused-ring (bicyclic) bond motifs is 5. The van der Waals surface area contributed by atoms with Crippen LogP contribution in [-0.4, -0.2) is 49.2 Å². The van der Waals surface area contributed by atoms with Crippen molar-refractivity contribution in [1.29, 1.82) is 0 Å². The van der Waals surface area contributed by atoms with Gasteiger partial charge in [-0.1, -0.05) is 25.6 Å². The topological polar surface area (TPSA) is 63.4 Å². The van der Waals surface area contributed by atoms with Crippen molar-refractivity contribution in [2.24, 2.45) is 11.8 Å². The van der Waals surface area contributed by atoms with Gasteiger partial charge < -0.3 is 4.90 Å². The van der Waals surface area contributed by atoms with Crippen LogP contribution in [0.2, 0.25) is 0 Å². The van der Waals surface area contributed by atoms with E-state index in [1.807, 2.05) is 16.2 Å². The number of carbonyl (C=O) groups is 1. The Morgan fingerprint density at radius 1 is 1.16 bits per heavy atom. The summed E-state index contributed by atoms with van der Waals surface area (Å²) in [7, 11) is 0. The first-order valence-electron chi connectivity index (χ1n) is 11.7. The van der Waals surface area contributed by atoms with E-state index in [0.29, 0.717) is 17.6 Å². The van der Waals surface area contributed by atoms with Gasteiger partial charge in [-0.25, -0.2) is 4.98 Å². The summed E-state index contributed by atoms with van der Waals surface area (Å²) >= 11 is 3.39. The lowest BCUT2D eigenvalue weighted by molar-refractivity contribution is -0.130. The SMILES string of the molecule is C[C@@H]1CCc2c(sc3nc(C4CC4)n4c(SCC(=O)N5CCC[C@@H](C)C5)nnc4c23)C1. The normalized spacial score (nSPS) is 24.1. The van der Waals surface area contributed by atoms with Crippen molar-refractivity contribution in [3.63, 3.8) is 0 Å². The molecule has 3 aliphatic rings. The highest BCUT2D eigenvalue weighted by molar-refractivity contribution is 7.99. The summed E-state index contributed by atoms with van der Waals surface area (Å²) < 4.78 is 2.18. The van der Waals surface area contributed by atoms with Gasteiger partial charge in [0.25, 0.3) is 0 Å². The van der Waals surface area contributed by atoms with Crippen molar-refractivity contribution in [1.82, 2.24) is 24.5 Å². The quantitative estimate of drug-likeness (QED) is 0.534. The highest BCUT2D eigenvalue weighted by atomic mass is 32.2. The van der Waals surface area contributed by atoms with Gasteiger partial charge in [-0.2, -0.15) is 0 Å². The second kappa shape index (κ2) is 7.73. The van der Waals surface area contributed by atoms with Crippen LogP contribution in [0.15, 0.2) is 5.16 Å². The summed E-state index contributed by atoms with van der Waals surface area (Å²) in [5.74, 6) is 3.58. The highest BCUT2D eigenvalue weighted by Gasteiger charge is 2.32. The lowest BCUT2D eigenvalue weighted by atomic mass is 9.89. The third kappa shape index (κ3) is 3.55. The second-order valence-electron chi connectivity index (χ2n) is 9.79. The number of aryl methyl sites for hydroxylation is 1. The van der Waals surface area contributed by atoms with Crippen molar-refractivity contribution >= 4 is 44.9 Å². The molecule has 0 unspecified atom stereocenters. The van der Waals surface area contributed by atoms with Crippen LogP contribution in [0.3, 0.4) is 0 Å². The van der Waals surface area contributed by atoms with Crippen molar-refractivity contribution < 1.29 is 4.79 Å². The van der Waals surface area contributed by atoms with E-state index in [1.165, 1.54) is 53.3 Å². The monoisotopic (exact) mass is 455 g/mol. The minimum Gasteiger partial charge on any atom is -0.342 e. The van der Waals surface area contributed by atoms with Gasteiger partial charge in [0.15, 0.2) is 10.8 Å². The van der Waals surface area contributed by atoms with E-state index >= 15 is 0 Å². The van der Waals surface area contributed by atoms with Crippen LogP contribution >= 0.6 is 23.1 Å². The molecule has 2 aliphatic carbocycles. The van der Waals surface area contributed by atoms with Gasteiger partial charge >= 0.3 is 0 Å². The number of rotatable bonds is 4. The van der Waals surface area contributed by atoms with Crippen LogP contribution in [0, 0.1) is 11.8 Å². The van der Waals surface area contributed by atoms with Crippen molar-refractivity contribution in [3.05, 3.63) is 16.3 Å². The van der Waals surface area contributed by atoms with Gasteiger partial charge in [0.05, 0.1) is 11.1 Å². The Labute approximate surface area is 190 Å². The third-order valence-corrected chi connectivity index (χ3v) is 9.13. The number of thioether (sulfide) groups is 1. The zero-order valence-corrected chi connectivity index (χ0v) is 19.9. The molecule has 0 aromatic carbocycles. The summed E-state index contributed by atoms with van der Waals surface area (Å²) in [6.45, 7) is 6.35. The summed E-state index contributed by atoms with van der Waals surface area (Å²) in [6.07, 6.45) is 8.19. The molecule has 1 saturated heterocycles. The molecule has 164 valence electrons. The molecule has 0 radical (unpaired) electrons. The third-order valence-electron chi connectivity index (χ3n) is 7.07. The van der Waals surface area contributed by atoms with E-state index < -0.39 is 0 Å². The zero-order chi connectivity index (χ0) is 21.1. The average Bonchev–Trinajstić information content (AvgIpc) is 3.42. The van der Waals surface area contributed by atoms with Gasteiger partial charge in [-0.3, -0.25) is 9.20 Å². The maximum atomic E-state index is 12.8. The first kappa shape index (κ1) is 20.0. The lowest BCUT2D eigenvalue weighted by Gasteiger charge is -2.30. The molecule has 1 amide bonds. The maximum absolute atomic E-state index is 12.8. The van der Waals surface area contributed by atoms with Crippen LogP contribution in [-0.2, 0) is 17.6 Å². The van der Waals surface area contributed by atoms with E-state index in [0.717, 1.165) is 59.7 Å². The van der Waals surface area contributed by atoms with Crippen LogP contribution in [0.5, 0.6) is 0 Å². The Kier molecular flexibility index (Phi) is 4.98. The van der Waals surface area contributed by atoms with Crippen molar-refractivity contribution in [2.75, 3.05) is 18.8 Å². The fraction of sp³-hybridized carbons (Fsp3) is 0.652. The van der Waals surface area contributed by atoms with Gasteiger partial charge in [0.2, 0.25) is 5.91 Å². The molecule has 4 heterocycles. The Bertz CT molecular complexity index is 1160. The average molecular weight is 456 g/mol. The molecule has 3 aromatic heterocycles. The number of amides is 1. The van der Waals surface area contributed by atoms with Gasteiger partial charge in [0.1, 0.15) is 10.7 Å². The number of aromatic nitrogens is 4. The number of hydrogen-bond donors (Lipinski definition) is 0. The molecule has 6 rings (SSSR count). The van der Waals surface area contributed by atoms with Gasteiger partial charge in [-0.15, -0.1) is 21.5 Å². The molecular formula is C23H29N5OS2.